The second-order valence-corrected chi connectivity index (χ2v) is 11.3. The maximum absolute atomic E-state index is 12.6. The summed E-state index contributed by atoms with van der Waals surface area (Å²) < 4.78 is 0. The lowest BCUT2D eigenvalue weighted by Crippen LogP contribution is -2.32. The van der Waals surface area contributed by atoms with Crippen molar-refractivity contribution in [2.45, 2.75) is 183 Å². The lowest BCUT2D eigenvalue weighted by molar-refractivity contribution is -0.131. The maximum Gasteiger partial charge on any atom is 0.222 e. The minimum absolute atomic E-state index is 0.376. The molecule has 0 atom stereocenters. The Morgan fingerprint density at radius 1 is 0.405 bits per heavy atom. The second-order valence-electron chi connectivity index (χ2n) is 11.3. The smallest absolute Gasteiger partial charge is 0.222 e. The van der Waals surface area contributed by atoms with Crippen molar-refractivity contribution >= 4 is 5.91 Å². The third kappa shape index (κ3) is 29.8. The molecule has 0 bridgehead atoms. The average molecular weight is 525 g/mol. The first-order valence-electron chi connectivity index (χ1n) is 17.1. The molecule has 0 spiro atoms. The van der Waals surface area contributed by atoms with Crippen LogP contribution in [0.4, 0.5) is 0 Å². The highest BCUT2D eigenvalue weighted by molar-refractivity contribution is 5.76. The Morgan fingerprint density at radius 2 is 0.730 bits per heavy atom. The van der Waals surface area contributed by atoms with Gasteiger partial charge < -0.3 is 9.80 Å². The summed E-state index contributed by atoms with van der Waals surface area (Å²) in [7, 11) is 0. The molecule has 0 saturated heterocycles. The fourth-order valence-corrected chi connectivity index (χ4v) is 4.94. The van der Waals surface area contributed by atoms with Crippen molar-refractivity contribution in [3.63, 3.8) is 0 Å². The number of carbonyl (C=O) groups is 1. The van der Waals surface area contributed by atoms with Gasteiger partial charge in [0.2, 0.25) is 5.91 Å². The highest BCUT2D eigenvalue weighted by Crippen LogP contribution is 2.12. The molecule has 224 valence electrons. The Bertz CT molecular complexity index is 400. The number of nitrogens with zero attached hydrogens (tertiary/aromatic N) is 2. The first-order chi connectivity index (χ1) is 18.1. The molecule has 0 aromatic heterocycles. The Labute approximate surface area is 235 Å². The number of unbranched alkanes of at least 4 members (excludes halogenated alkanes) is 15. The van der Waals surface area contributed by atoms with Gasteiger partial charge in [-0.3, -0.25) is 4.79 Å². The van der Waals surface area contributed by atoms with Crippen LogP contribution in [0.2, 0.25) is 0 Å². The van der Waals surface area contributed by atoms with Crippen LogP contribution in [0.5, 0.6) is 0 Å². The number of hydrogen-bond acceptors (Lipinski definition) is 2. The van der Waals surface area contributed by atoms with Crippen molar-refractivity contribution in [2.24, 2.45) is 0 Å². The van der Waals surface area contributed by atoms with E-state index >= 15 is 0 Å². The van der Waals surface area contributed by atoms with Gasteiger partial charge in [0.25, 0.3) is 0 Å². The van der Waals surface area contributed by atoms with E-state index < -0.39 is 0 Å². The summed E-state index contributed by atoms with van der Waals surface area (Å²) in [6.07, 6.45) is 28.7. The average Bonchev–Trinajstić information content (AvgIpc) is 2.89. The molecule has 0 saturated carbocycles. The van der Waals surface area contributed by atoms with Crippen molar-refractivity contribution in [1.29, 1.82) is 0 Å². The highest BCUT2D eigenvalue weighted by atomic mass is 16.2. The number of carbonyl (C=O) groups excluding carboxylic acids is 1. The zero-order valence-corrected chi connectivity index (χ0v) is 26.9. The summed E-state index contributed by atoms with van der Waals surface area (Å²) in [6, 6.07) is 0. The molecular weight excluding hydrogens is 452 g/mol. The van der Waals surface area contributed by atoms with Crippen LogP contribution in [0, 0.1) is 0 Å². The quantitative estimate of drug-likeness (QED) is 0.0997. The standard InChI is InChI=1S/C31H64N2O.C3H8/c1-5-9-11-13-15-17-19-22-28-32(29-23-20-18-16-14-12-10-6-2)30-24-21-25-31(34)33(26-7-3)27-8-4;1-3-2/h5-30H2,1-4H3;3H2,1-2H3. The van der Waals surface area contributed by atoms with Crippen LogP contribution >= 0.6 is 0 Å². The van der Waals surface area contributed by atoms with E-state index in [9.17, 15) is 4.79 Å². The molecule has 0 aliphatic carbocycles. The first-order valence-corrected chi connectivity index (χ1v) is 17.1. The molecule has 3 heteroatoms. The molecule has 0 rings (SSSR count). The Kier molecular flexibility index (Phi) is 34.9. The molecular formula is C34H72N2O. The zero-order valence-electron chi connectivity index (χ0n) is 26.9. The molecule has 37 heavy (non-hydrogen) atoms. The van der Waals surface area contributed by atoms with Crippen LogP contribution in [0.3, 0.4) is 0 Å². The minimum atomic E-state index is 0.376. The van der Waals surface area contributed by atoms with Crippen molar-refractivity contribution in [3.05, 3.63) is 0 Å². The number of rotatable bonds is 27. The van der Waals surface area contributed by atoms with Crippen LogP contribution < -0.4 is 0 Å². The van der Waals surface area contributed by atoms with Gasteiger partial charge in [-0.05, 0) is 58.2 Å². The van der Waals surface area contributed by atoms with E-state index in [2.05, 4.69) is 51.3 Å². The largest absolute Gasteiger partial charge is 0.343 e. The van der Waals surface area contributed by atoms with E-state index in [0.29, 0.717) is 5.91 Å². The van der Waals surface area contributed by atoms with E-state index in [-0.39, 0.29) is 0 Å². The molecule has 0 radical (unpaired) electrons. The van der Waals surface area contributed by atoms with Gasteiger partial charge in [-0.25, -0.2) is 0 Å². The van der Waals surface area contributed by atoms with Gasteiger partial charge in [-0.2, -0.15) is 0 Å². The van der Waals surface area contributed by atoms with E-state index in [4.69, 9.17) is 0 Å². The summed E-state index contributed by atoms with van der Waals surface area (Å²) in [5.41, 5.74) is 0. The molecule has 0 aromatic rings. The molecule has 0 fully saturated rings. The third-order valence-corrected chi connectivity index (χ3v) is 7.11. The number of amides is 1. The van der Waals surface area contributed by atoms with Gasteiger partial charge in [0.1, 0.15) is 0 Å². The van der Waals surface area contributed by atoms with E-state index in [1.807, 2.05) is 0 Å². The topological polar surface area (TPSA) is 23.6 Å². The molecule has 0 N–H and O–H groups in total. The highest BCUT2D eigenvalue weighted by Gasteiger charge is 2.12. The van der Waals surface area contributed by atoms with Crippen molar-refractivity contribution in [2.75, 3.05) is 32.7 Å². The van der Waals surface area contributed by atoms with Gasteiger partial charge >= 0.3 is 0 Å². The second kappa shape index (κ2) is 33.5. The fraction of sp³-hybridized carbons (Fsp3) is 0.971. The Balaban J connectivity index is 0. The molecule has 0 unspecified atom stereocenters. The van der Waals surface area contributed by atoms with Crippen LogP contribution in [-0.2, 0) is 4.79 Å². The summed E-state index contributed by atoms with van der Waals surface area (Å²) >= 11 is 0. The van der Waals surface area contributed by atoms with Crippen LogP contribution in [0.1, 0.15) is 183 Å². The van der Waals surface area contributed by atoms with Crippen molar-refractivity contribution in [1.82, 2.24) is 9.80 Å². The minimum Gasteiger partial charge on any atom is -0.343 e. The van der Waals surface area contributed by atoms with Gasteiger partial charge in [0.15, 0.2) is 0 Å². The van der Waals surface area contributed by atoms with Crippen LogP contribution in [-0.4, -0.2) is 48.4 Å². The predicted molar refractivity (Wildman–Crippen MR) is 169 cm³/mol. The number of hydrogen-bond donors (Lipinski definition) is 0. The normalized spacial score (nSPS) is 11.0. The van der Waals surface area contributed by atoms with Crippen molar-refractivity contribution < 1.29 is 4.79 Å². The van der Waals surface area contributed by atoms with E-state index in [1.165, 1.54) is 135 Å². The monoisotopic (exact) mass is 525 g/mol. The Morgan fingerprint density at radius 3 is 1.08 bits per heavy atom. The third-order valence-electron chi connectivity index (χ3n) is 7.11. The molecule has 3 nitrogen and oxygen atoms in total. The summed E-state index contributed by atoms with van der Waals surface area (Å²) in [5, 5.41) is 0. The van der Waals surface area contributed by atoms with Gasteiger partial charge in [0, 0.05) is 19.5 Å². The first kappa shape index (κ1) is 38.6. The van der Waals surface area contributed by atoms with Gasteiger partial charge in [0.05, 0.1) is 0 Å². The summed E-state index contributed by atoms with van der Waals surface area (Å²) in [6.45, 7) is 18.7. The molecule has 0 heterocycles. The van der Waals surface area contributed by atoms with Gasteiger partial charge in [-0.1, -0.05) is 138 Å². The van der Waals surface area contributed by atoms with E-state index in [1.54, 1.807) is 0 Å². The molecule has 0 aromatic carbocycles. The lowest BCUT2D eigenvalue weighted by Gasteiger charge is -2.23. The summed E-state index contributed by atoms with van der Waals surface area (Å²) in [4.78, 5) is 17.4. The molecule has 1 amide bonds. The van der Waals surface area contributed by atoms with Gasteiger partial charge in [-0.15, -0.1) is 0 Å². The maximum atomic E-state index is 12.6. The zero-order chi connectivity index (χ0) is 27.8. The van der Waals surface area contributed by atoms with Crippen molar-refractivity contribution in [3.8, 4) is 0 Å². The van der Waals surface area contributed by atoms with E-state index in [0.717, 1.165) is 38.8 Å². The lowest BCUT2D eigenvalue weighted by atomic mass is 10.1. The van der Waals surface area contributed by atoms with Crippen LogP contribution in [0.25, 0.3) is 0 Å². The fourth-order valence-electron chi connectivity index (χ4n) is 4.94. The SMILES string of the molecule is CCC.CCCCCCCCCCN(CCCCCCCCCC)CCCCC(=O)N(CCC)CCC. The predicted octanol–water partition coefficient (Wildman–Crippen LogP) is 10.8. The molecule has 0 aliphatic heterocycles. The summed E-state index contributed by atoms with van der Waals surface area (Å²) in [5.74, 6) is 0.376. The Hall–Kier alpha value is -0.570. The van der Waals surface area contributed by atoms with Crippen LogP contribution in [0.15, 0.2) is 0 Å². The molecule has 0 aliphatic rings.